The van der Waals surface area contributed by atoms with E-state index in [-0.39, 0.29) is 0 Å². The topological polar surface area (TPSA) is 67.4 Å². The molecule has 0 saturated heterocycles. The molecule has 8 aromatic carbocycles. The van der Waals surface area contributed by atoms with E-state index in [2.05, 4.69) is 120 Å². The minimum absolute atomic E-state index is 0.551. The van der Waals surface area contributed by atoms with E-state index < -0.39 is 0 Å². The minimum atomic E-state index is 0.551. The average Bonchev–Trinajstić information content (AvgIpc) is 3.56. The number of para-hydroxylation sites is 1. The Kier molecular flexibility index (Phi) is 6.48. The molecule has 0 bridgehead atoms. The molecule has 0 atom stereocenters. The summed E-state index contributed by atoms with van der Waals surface area (Å²) in [6.45, 7) is 0. The molecule has 0 saturated carbocycles. The molecule has 0 amide bonds. The van der Waals surface area contributed by atoms with Crippen molar-refractivity contribution in [2.75, 3.05) is 0 Å². The van der Waals surface area contributed by atoms with Gasteiger partial charge in [0.25, 0.3) is 0 Å². The van der Waals surface area contributed by atoms with E-state index >= 15 is 0 Å². The Morgan fingerprint density at radius 2 is 1.04 bits per heavy atom. The molecule has 0 aliphatic heterocycles. The van der Waals surface area contributed by atoms with Crippen molar-refractivity contribution in [3.8, 4) is 45.9 Å². The predicted molar refractivity (Wildman–Crippen MR) is 208 cm³/mol. The Labute approximate surface area is 293 Å². The lowest BCUT2D eigenvalue weighted by Crippen LogP contribution is -2.01. The normalized spacial score (nSPS) is 11.5. The number of nitriles is 1. The third-order valence-corrected chi connectivity index (χ3v) is 9.83. The fraction of sp³-hybridized carbons (Fsp3) is 0. The van der Waals surface area contributed by atoms with Crippen LogP contribution < -0.4 is 0 Å². The Hall–Kier alpha value is -7.16. The number of aromatic nitrogens is 4. The highest BCUT2D eigenvalue weighted by molar-refractivity contribution is 6.36. The van der Waals surface area contributed by atoms with E-state index in [9.17, 15) is 5.26 Å². The van der Waals surface area contributed by atoms with Gasteiger partial charge in [-0.2, -0.15) is 5.26 Å². The monoisotopic (exact) mass is 649 g/mol. The van der Waals surface area contributed by atoms with Crippen molar-refractivity contribution in [2.24, 2.45) is 0 Å². The Bertz CT molecular complexity index is 3030. The van der Waals surface area contributed by atoms with Gasteiger partial charge in [-0.1, -0.05) is 121 Å². The van der Waals surface area contributed by atoms with Crippen LogP contribution in [0.2, 0.25) is 0 Å². The fourth-order valence-corrected chi connectivity index (χ4v) is 7.54. The zero-order valence-electron chi connectivity index (χ0n) is 27.3. The van der Waals surface area contributed by atoms with E-state index in [0.29, 0.717) is 23.0 Å². The predicted octanol–water partition coefficient (Wildman–Crippen LogP) is 11.3. The van der Waals surface area contributed by atoms with Crippen molar-refractivity contribution < 1.29 is 0 Å². The van der Waals surface area contributed by atoms with E-state index in [0.717, 1.165) is 27.9 Å². The van der Waals surface area contributed by atoms with E-state index in [4.69, 9.17) is 15.0 Å². The lowest BCUT2D eigenvalue weighted by Gasteiger charge is -2.14. The third-order valence-electron chi connectivity index (χ3n) is 9.83. The lowest BCUT2D eigenvalue weighted by atomic mass is 9.93. The zero-order chi connectivity index (χ0) is 33.9. The first-order valence-corrected chi connectivity index (χ1v) is 16.9. The molecule has 2 heterocycles. The Morgan fingerprint density at radius 1 is 0.431 bits per heavy atom. The van der Waals surface area contributed by atoms with E-state index in [1.807, 2.05) is 42.5 Å². The smallest absolute Gasteiger partial charge is 0.164 e. The number of hydrogen-bond acceptors (Lipinski definition) is 4. The summed E-state index contributed by atoms with van der Waals surface area (Å²) < 4.78 is 2.39. The van der Waals surface area contributed by atoms with Gasteiger partial charge in [0.1, 0.15) is 0 Å². The lowest BCUT2D eigenvalue weighted by molar-refractivity contribution is 1.07. The Balaban J connectivity index is 1.25. The quantitative estimate of drug-likeness (QED) is 0.178. The molecule has 51 heavy (non-hydrogen) atoms. The molecule has 2 aromatic heterocycles. The van der Waals surface area contributed by atoms with Crippen LogP contribution in [-0.2, 0) is 0 Å². The third kappa shape index (κ3) is 4.58. The van der Waals surface area contributed by atoms with Crippen LogP contribution in [0.5, 0.6) is 0 Å². The first-order valence-electron chi connectivity index (χ1n) is 16.9. The van der Waals surface area contributed by atoms with Crippen LogP contribution >= 0.6 is 0 Å². The van der Waals surface area contributed by atoms with Crippen molar-refractivity contribution >= 4 is 54.1 Å². The highest BCUT2D eigenvalue weighted by Gasteiger charge is 2.20. The summed E-state index contributed by atoms with van der Waals surface area (Å²) in [5.41, 5.74) is 6.51. The van der Waals surface area contributed by atoms with Crippen molar-refractivity contribution in [1.29, 1.82) is 5.26 Å². The summed E-state index contributed by atoms with van der Waals surface area (Å²) in [5, 5.41) is 19.3. The SMILES string of the molecule is N#Cc1ccc(-c2nc(-c3ccccc3)nc(-c3cccc(-n4c5ccccc5c5c6ccc7ccccc7c6c6ccccc6c54)c3)n2)cc1. The van der Waals surface area contributed by atoms with Crippen LogP contribution in [0, 0.1) is 11.3 Å². The summed E-state index contributed by atoms with van der Waals surface area (Å²) in [5.74, 6) is 1.72. The van der Waals surface area contributed by atoms with Crippen LogP contribution in [0.25, 0.3) is 94.0 Å². The van der Waals surface area contributed by atoms with Gasteiger partial charge in [-0.15, -0.1) is 0 Å². The highest BCUT2D eigenvalue weighted by Crippen LogP contribution is 2.44. The second kappa shape index (κ2) is 11.5. The molecular weight excluding hydrogens is 623 g/mol. The maximum absolute atomic E-state index is 9.38. The molecule has 0 unspecified atom stereocenters. The highest BCUT2D eigenvalue weighted by atomic mass is 15.0. The molecule has 0 spiro atoms. The number of hydrogen-bond donors (Lipinski definition) is 0. The van der Waals surface area contributed by atoms with E-state index in [1.165, 1.54) is 48.6 Å². The molecule has 5 heteroatoms. The zero-order valence-corrected chi connectivity index (χ0v) is 27.3. The van der Waals surface area contributed by atoms with Gasteiger partial charge in [-0.25, -0.2) is 15.0 Å². The molecule has 0 aliphatic rings. The minimum Gasteiger partial charge on any atom is -0.309 e. The van der Waals surface area contributed by atoms with Gasteiger partial charge in [-0.05, 0) is 69.4 Å². The summed E-state index contributed by atoms with van der Waals surface area (Å²) >= 11 is 0. The summed E-state index contributed by atoms with van der Waals surface area (Å²) in [6, 6.07) is 58.7. The van der Waals surface area contributed by atoms with Gasteiger partial charge in [0.15, 0.2) is 17.5 Å². The van der Waals surface area contributed by atoms with Gasteiger partial charge in [-0.3, -0.25) is 0 Å². The fourth-order valence-electron chi connectivity index (χ4n) is 7.54. The number of rotatable bonds is 4. The van der Waals surface area contributed by atoms with E-state index in [1.54, 1.807) is 12.1 Å². The van der Waals surface area contributed by atoms with Crippen LogP contribution in [0.3, 0.4) is 0 Å². The average molecular weight is 650 g/mol. The van der Waals surface area contributed by atoms with Crippen molar-refractivity contribution in [3.63, 3.8) is 0 Å². The van der Waals surface area contributed by atoms with Crippen LogP contribution in [0.4, 0.5) is 0 Å². The number of nitrogens with zero attached hydrogens (tertiary/aromatic N) is 5. The Morgan fingerprint density at radius 3 is 1.80 bits per heavy atom. The molecule has 10 aromatic rings. The maximum Gasteiger partial charge on any atom is 0.164 e. The van der Waals surface area contributed by atoms with Gasteiger partial charge >= 0.3 is 0 Å². The first kappa shape index (κ1) is 28.8. The molecule has 10 rings (SSSR count). The summed E-state index contributed by atoms with van der Waals surface area (Å²) in [4.78, 5) is 14.9. The van der Waals surface area contributed by atoms with Gasteiger partial charge in [0.05, 0.1) is 22.7 Å². The molecule has 0 N–H and O–H groups in total. The van der Waals surface area contributed by atoms with Crippen molar-refractivity contribution in [3.05, 3.63) is 169 Å². The number of fused-ring (bicyclic) bond motifs is 10. The molecule has 0 fully saturated rings. The summed E-state index contributed by atoms with van der Waals surface area (Å²) in [7, 11) is 0. The van der Waals surface area contributed by atoms with Crippen LogP contribution in [0.15, 0.2) is 164 Å². The second-order valence-electron chi connectivity index (χ2n) is 12.7. The van der Waals surface area contributed by atoms with Gasteiger partial charge < -0.3 is 4.57 Å². The molecule has 236 valence electrons. The molecular formula is C46H27N5. The van der Waals surface area contributed by atoms with Crippen molar-refractivity contribution in [2.45, 2.75) is 0 Å². The van der Waals surface area contributed by atoms with Gasteiger partial charge in [0.2, 0.25) is 0 Å². The first-order chi connectivity index (χ1) is 25.2. The summed E-state index contributed by atoms with van der Waals surface area (Å²) in [6.07, 6.45) is 0. The van der Waals surface area contributed by atoms with Gasteiger partial charge in [0, 0.05) is 38.5 Å². The standard InChI is InChI=1S/C46H27N5/c47-28-29-21-23-32(24-22-29)45-48-44(31-12-2-1-3-13-31)49-46(50-45)33-14-10-15-34(27-33)51-40-20-9-8-19-38(40)42-39-26-25-30-11-4-5-16-35(30)41(39)36-17-6-7-18-37(36)43(42)51/h1-27H. The van der Waals surface area contributed by atoms with Crippen LogP contribution in [0.1, 0.15) is 5.56 Å². The molecule has 0 radical (unpaired) electrons. The maximum atomic E-state index is 9.38. The second-order valence-corrected chi connectivity index (χ2v) is 12.7. The number of benzene rings is 8. The largest absolute Gasteiger partial charge is 0.309 e. The van der Waals surface area contributed by atoms with Crippen molar-refractivity contribution in [1.82, 2.24) is 19.5 Å². The molecule has 0 aliphatic carbocycles. The molecule has 5 nitrogen and oxygen atoms in total. The van der Waals surface area contributed by atoms with Crippen LogP contribution in [-0.4, -0.2) is 19.5 Å².